The number of aromatic nitrogens is 2. The Balaban J connectivity index is 2.20. The summed E-state index contributed by atoms with van der Waals surface area (Å²) < 4.78 is 5.12. The van der Waals surface area contributed by atoms with Crippen molar-refractivity contribution in [3.05, 3.63) is 30.2 Å². The highest BCUT2D eigenvalue weighted by Crippen LogP contribution is 2.21. The van der Waals surface area contributed by atoms with Crippen LogP contribution in [0.15, 0.2) is 28.8 Å². The van der Waals surface area contributed by atoms with Gasteiger partial charge in [-0.3, -0.25) is 0 Å². The summed E-state index contributed by atoms with van der Waals surface area (Å²) in [4.78, 5) is 4.24. The van der Waals surface area contributed by atoms with E-state index in [1.807, 2.05) is 0 Å². The molecule has 0 amide bonds. The van der Waals surface area contributed by atoms with Gasteiger partial charge < -0.3 is 15.4 Å². The van der Waals surface area contributed by atoms with Gasteiger partial charge in [-0.25, -0.2) is 0 Å². The van der Waals surface area contributed by atoms with Crippen LogP contribution in [0.25, 0.3) is 11.4 Å². The number of phenolic OH excluding ortho intramolecular Hbond substituents is 1. The molecular formula is C12H15N3O2. The zero-order valence-corrected chi connectivity index (χ0v) is 9.63. The second-order valence-electron chi connectivity index (χ2n) is 3.90. The number of rotatable bonds is 4. The molecule has 2 aromatic rings. The third kappa shape index (κ3) is 2.62. The largest absolute Gasteiger partial charge is 0.508 e. The second-order valence-corrected chi connectivity index (χ2v) is 3.90. The Kier molecular flexibility index (Phi) is 3.39. The highest BCUT2D eigenvalue weighted by Gasteiger charge is 2.14. The van der Waals surface area contributed by atoms with Crippen LogP contribution < -0.4 is 5.73 Å². The van der Waals surface area contributed by atoms with Crippen LogP contribution in [-0.4, -0.2) is 15.2 Å². The quantitative estimate of drug-likeness (QED) is 0.845. The normalized spacial score (nSPS) is 12.6. The Bertz CT molecular complexity index is 479. The maximum absolute atomic E-state index is 9.18. The lowest BCUT2D eigenvalue weighted by Gasteiger charge is -2.02. The van der Waals surface area contributed by atoms with Gasteiger partial charge in [-0.2, -0.15) is 4.98 Å². The first kappa shape index (κ1) is 11.6. The molecule has 1 heterocycles. The first-order valence-electron chi connectivity index (χ1n) is 5.59. The topological polar surface area (TPSA) is 85.2 Å². The molecule has 5 heteroatoms. The van der Waals surface area contributed by atoms with E-state index in [-0.39, 0.29) is 11.8 Å². The smallest absolute Gasteiger partial charge is 0.243 e. The number of nitrogens with zero attached hydrogens (tertiary/aromatic N) is 2. The van der Waals surface area contributed by atoms with E-state index in [1.165, 1.54) is 0 Å². The summed E-state index contributed by atoms with van der Waals surface area (Å²) >= 11 is 0. The number of nitrogens with two attached hydrogens (primary N) is 1. The van der Waals surface area contributed by atoms with Crippen molar-refractivity contribution in [2.24, 2.45) is 5.73 Å². The molecule has 1 aromatic carbocycles. The van der Waals surface area contributed by atoms with E-state index in [0.717, 1.165) is 18.4 Å². The molecule has 0 aliphatic heterocycles. The van der Waals surface area contributed by atoms with E-state index in [1.54, 1.807) is 24.3 Å². The number of phenols is 1. The van der Waals surface area contributed by atoms with Crippen LogP contribution in [0.5, 0.6) is 5.75 Å². The van der Waals surface area contributed by atoms with Gasteiger partial charge in [-0.05, 0) is 30.7 Å². The second kappa shape index (κ2) is 4.97. The molecule has 2 rings (SSSR count). The van der Waals surface area contributed by atoms with Gasteiger partial charge in [0, 0.05) is 5.56 Å². The summed E-state index contributed by atoms with van der Waals surface area (Å²) in [5.74, 6) is 1.15. The average Bonchev–Trinajstić information content (AvgIpc) is 2.80. The lowest BCUT2D eigenvalue weighted by molar-refractivity contribution is 0.348. The fraction of sp³-hybridized carbons (Fsp3) is 0.333. The van der Waals surface area contributed by atoms with Crippen molar-refractivity contribution in [1.29, 1.82) is 0 Å². The van der Waals surface area contributed by atoms with Crippen molar-refractivity contribution in [2.45, 2.75) is 25.8 Å². The molecule has 0 saturated heterocycles. The molecule has 1 atom stereocenters. The van der Waals surface area contributed by atoms with Gasteiger partial charge in [0.15, 0.2) is 0 Å². The van der Waals surface area contributed by atoms with Gasteiger partial charge in [-0.1, -0.05) is 18.5 Å². The van der Waals surface area contributed by atoms with Crippen LogP contribution in [0, 0.1) is 0 Å². The third-order valence-electron chi connectivity index (χ3n) is 2.48. The molecule has 0 saturated carbocycles. The number of hydrogen-bond acceptors (Lipinski definition) is 5. The zero-order chi connectivity index (χ0) is 12.3. The average molecular weight is 233 g/mol. The molecule has 1 aromatic heterocycles. The predicted molar refractivity (Wildman–Crippen MR) is 63.2 cm³/mol. The number of benzene rings is 1. The fourth-order valence-electron chi connectivity index (χ4n) is 1.55. The van der Waals surface area contributed by atoms with Crippen LogP contribution in [0.2, 0.25) is 0 Å². The minimum absolute atomic E-state index is 0.208. The Morgan fingerprint density at radius 1 is 1.35 bits per heavy atom. The minimum Gasteiger partial charge on any atom is -0.508 e. The Hall–Kier alpha value is -1.88. The lowest BCUT2D eigenvalue weighted by atomic mass is 10.2. The van der Waals surface area contributed by atoms with Crippen LogP contribution in [0.4, 0.5) is 0 Å². The van der Waals surface area contributed by atoms with Crippen molar-refractivity contribution in [3.63, 3.8) is 0 Å². The molecule has 17 heavy (non-hydrogen) atoms. The highest BCUT2D eigenvalue weighted by atomic mass is 16.5. The first-order chi connectivity index (χ1) is 8.20. The van der Waals surface area contributed by atoms with Gasteiger partial charge in [0.05, 0.1) is 6.04 Å². The van der Waals surface area contributed by atoms with E-state index in [2.05, 4.69) is 17.1 Å². The fourth-order valence-corrected chi connectivity index (χ4v) is 1.55. The summed E-state index contributed by atoms with van der Waals surface area (Å²) in [5.41, 5.74) is 6.68. The van der Waals surface area contributed by atoms with E-state index in [0.29, 0.717) is 11.7 Å². The molecule has 0 aliphatic carbocycles. The maximum atomic E-state index is 9.18. The minimum atomic E-state index is -0.210. The molecule has 0 bridgehead atoms. The van der Waals surface area contributed by atoms with Crippen LogP contribution in [-0.2, 0) is 0 Å². The lowest BCUT2D eigenvalue weighted by Crippen LogP contribution is -2.09. The summed E-state index contributed by atoms with van der Waals surface area (Å²) in [6.07, 6.45) is 1.79. The van der Waals surface area contributed by atoms with Gasteiger partial charge in [0.25, 0.3) is 0 Å². The van der Waals surface area contributed by atoms with Crippen molar-refractivity contribution < 1.29 is 9.63 Å². The summed E-state index contributed by atoms with van der Waals surface area (Å²) in [6, 6.07) is 6.41. The van der Waals surface area contributed by atoms with Crippen LogP contribution in [0.1, 0.15) is 31.7 Å². The standard InChI is InChI=1S/C12H15N3O2/c1-2-3-10(13)12-14-11(15-17-12)8-4-6-9(16)7-5-8/h4-7,10,16H,2-3,13H2,1H3. The van der Waals surface area contributed by atoms with Crippen molar-refractivity contribution in [2.75, 3.05) is 0 Å². The summed E-state index contributed by atoms with van der Waals surface area (Å²) in [5, 5.41) is 13.1. The van der Waals surface area contributed by atoms with Crippen molar-refractivity contribution >= 4 is 0 Å². The molecule has 0 spiro atoms. The molecule has 0 fully saturated rings. The van der Waals surface area contributed by atoms with E-state index >= 15 is 0 Å². The SMILES string of the molecule is CCCC(N)c1nc(-c2ccc(O)cc2)no1. The number of aromatic hydroxyl groups is 1. The molecule has 90 valence electrons. The monoisotopic (exact) mass is 233 g/mol. The Morgan fingerprint density at radius 2 is 2.06 bits per heavy atom. The van der Waals surface area contributed by atoms with Gasteiger partial charge in [0.2, 0.25) is 11.7 Å². The summed E-state index contributed by atoms with van der Waals surface area (Å²) in [7, 11) is 0. The van der Waals surface area contributed by atoms with E-state index in [9.17, 15) is 5.11 Å². The summed E-state index contributed by atoms with van der Waals surface area (Å²) in [6.45, 7) is 2.05. The van der Waals surface area contributed by atoms with Crippen LogP contribution >= 0.6 is 0 Å². The zero-order valence-electron chi connectivity index (χ0n) is 9.63. The number of hydrogen-bond donors (Lipinski definition) is 2. The molecule has 1 unspecified atom stereocenters. The molecule has 0 radical (unpaired) electrons. The van der Waals surface area contributed by atoms with E-state index < -0.39 is 0 Å². The first-order valence-corrected chi connectivity index (χ1v) is 5.59. The van der Waals surface area contributed by atoms with Gasteiger partial charge >= 0.3 is 0 Å². The maximum Gasteiger partial charge on any atom is 0.243 e. The van der Waals surface area contributed by atoms with E-state index in [4.69, 9.17) is 10.3 Å². The van der Waals surface area contributed by atoms with Gasteiger partial charge in [0.1, 0.15) is 5.75 Å². The third-order valence-corrected chi connectivity index (χ3v) is 2.48. The molecule has 0 aliphatic rings. The Morgan fingerprint density at radius 3 is 2.71 bits per heavy atom. The Labute approximate surface area is 99.3 Å². The highest BCUT2D eigenvalue weighted by molar-refractivity contribution is 5.55. The van der Waals surface area contributed by atoms with Gasteiger partial charge in [-0.15, -0.1) is 0 Å². The molecular weight excluding hydrogens is 218 g/mol. The molecule has 5 nitrogen and oxygen atoms in total. The predicted octanol–water partition coefficient (Wildman–Crippen LogP) is 2.24. The van der Waals surface area contributed by atoms with Crippen LogP contribution in [0.3, 0.4) is 0 Å². The molecule has 3 N–H and O–H groups in total. The van der Waals surface area contributed by atoms with Crippen molar-refractivity contribution in [1.82, 2.24) is 10.1 Å². The van der Waals surface area contributed by atoms with Crippen molar-refractivity contribution in [3.8, 4) is 17.1 Å².